The van der Waals surface area contributed by atoms with E-state index in [9.17, 15) is 9.59 Å². The molecule has 0 saturated heterocycles. The van der Waals surface area contributed by atoms with Gasteiger partial charge in [-0.05, 0) is 42.5 Å². The van der Waals surface area contributed by atoms with Gasteiger partial charge < -0.3 is 16.4 Å². The van der Waals surface area contributed by atoms with Gasteiger partial charge in [0.2, 0.25) is 0 Å². The Hall–Kier alpha value is -3.74. The van der Waals surface area contributed by atoms with Crippen LogP contribution in [0, 0.1) is 0 Å². The Morgan fingerprint density at radius 1 is 0.885 bits per heavy atom. The van der Waals surface area contributed by atoms with Crippen molar-refractivity contribution in [2.45, 2.75) is 6.54 Å². The number of anilines is 2. The first-order valence-electron chi connectivity index (χ1n) is 7.94. The number of nitrogens with one attached hydrogen (secondary N) is 2. The molecule has 130 valence electrons. The summed E-state index contributed by atoms with van der Waals surface area (Å²) in [5.74, 6) is 0.248. The molecule has 0 unspecified atom stereocenters. The molecule has 0 spiro atoms. The lowest BCUT2D eigenvalue weighted by Crippen LogP contribution is -2.24. The number of carbonyl (C=O) groups excluding carboxylic acids is 2. The topological polar surface area (TPSA) is 110 Å². The van der Waals surface area contributed by atoms with Crippen LogP contribution in [0.1, 0.15) is 26.5 Å². The van der Waals surface area contributed by atoms with Gasteiger partial charge in [0.1, 0.15) is 11.6 Å². The van der Waals surface area contributed by atoms with Crippen molar-refractivity contribution in [3.8, 4) is 0 Å². The van der Waals surface area contributed by atoms with E-state index >= 15 is 0 Å². The van der Waals surface area contributed by atoms with E-state index in [4.69, 9.17) is 5.73 Å². The van der Waals surface area contributed by atoms with E-state index in [1.165, 1.54) is 6.20 Å². The average molecular weight is 347 g/mol. The van der Waals surface area contributed by atoms with Crippen molar-refractivity contribution in [2.75, 3.05) is 11.1 Å². The molecule has 3 aromatic rings. The predicted octanol–water partition coefficient (Wildman–Crippen LogP) is 2.24. The van der Waals surface area contributed by atoms with Gasteiger partial charge in [-0.25, -0.2) is 9.97 Å². The molecule has 0 aliphatic rings. The van der Waals surface area contributed by atoms with Gasteiger partial charge in [0, 0.05) is 23.0 Å². The van der Waals surface area contributed by atoms with Crippen molar-refractivity contribution >= 4 is 23.3 Å². The zero-order chi connectivity index (χ0) is 18.4. The summed E-state index contributed by atoms with van der Waals surface area (Å²) in [5, 5.41) is 5.50. The fraction of sp³-hybridized carbons (Fsp3) is 0.0526. The molecule has 0 bridgehead atoms. The maximum atomic E-state index is 12.2. The van der Waals surface area contributed by atoms with Crippen LogP contribution in [0.4, 0.5) is 11.5 Å². The first-order chi connectivity index (χ1) is 12.6. The summed E-state index contributed by atoms with van der Waals surface area (Å²) in [7, 11) is 0. The number of hydrogen-bond acceptors (Lipinski definition) is 5. The normalized spacial score (nSPS) is 10.2. The molecule has 2 amide bonds. The van der Waals surface area contributed by atoms with Crippen LogP contribution in [-0.4, -0.2) is 21.8 Å². The van der Waals surface area contributed by atoms with Crippen molar-refractivity contribution < 1.29 is 9.59 Å². The second kappa shape index (κ2) is 7.89. The van der Waals surface area contributed by atoms with E-state index in [0.29, 0.717) is 28.5 Å². The molecule has 0 aliphatic heterocycles. The van der Waals surface area contributed by atoms with Gasteiger partial charge in [0.05, 0.1) is 6.54 Å². The monoisotopic (exact) mass is 347 g/mol. The number of amides is 2. The highest BCUT2D eigenvalue weighted by molar-refractivity contribution is 6.05. The summed E-state index contributed by atoms with van der Waals surface area (Å²) >= 11 is 0. The molecule has 26 heavy (non-hydrogen) atoms. The number of hydrogen-bond donors (Lipinski definition) is 3. The molecule has 2 aromatic carbocycles. The SMILES string of the molecule is Nc1ccnc(CNC(=O)c2ccc(C(=O)Nc3ccccc3)cc2)n1. The van der Waals surface area contributed by atoms with Crippen molar-refractivity contribution in [3.05, 3.63) is 83.8 Å². The fourth-order valence-electron chi connectivity index (χ4n) is 2.26. The Bertz CT molecular complexity index is 911. The summed E-state index contributed by atoms with van der Waals surface area (Å²) in [6.07, 6.45) is 1.53. The minimum absolute atomic E-state index is 0.167. The van der Waals surface area contributed by atoms with Crippen LogP contribution in [-0.2, 0) is 6.54 Å². The largest absolute Gasteiger partial charge is 0.384 e. The van der Waals surface area contributed by atoms with Gasteiger partial charge in [-0.1, -0.05) is 18.2 Å². The van der Waals surface area contributed by atoms with Crippen LogP contribution in [0.5, 0.6) is 0 Å². The summed E-state index contributed by atoms with van der Waals surface area (Å²) in [6.45, 7) is 0.167. The number of nitrogens with zero attached hydrogens (tertiary/aromatic N) is 2. The van der Waals surface area contributed by atoms with E-state index in [0.717, 1.165) is 0 Å². The Labute approximate surface area is 150 Å². The third-order valence-corrected chi connectivity index (χ3v) is 3.58. The standard InChI is InChI=1S/C19H17N5O2/c20-16-10-11-21-17(24-16)12-22-18(25)13-6-8-14(9-7-13)19(26)23-15-4-2-1-3-5-15/h1-11H,12H2,(H,22,25)(H,23,26)(H2,20,21,24). The zero-order valence-corrected chi connectivity index (χ0v) is 13.8. The van der Waals surface area contributed by atoms with Crippen molar-refractivity contribution in [1.82, 2.24) is 15.3 Å². The van der Waals surface area contributed by atoms with Gasteiger partial charge >= 0.3 is 0 Å². The second-order valence-electron chi connectivity index (χ2n) is 5.48. The van der Waals surface area contributed by atoms with Crippen LogP contribution in [0.15, 0.2) is 66.9 Å². The zero-order valence-electron chi connectivity index (χ0n) is 13.8. The van der Waals surface area contributed by atoms with Gasteiger partial charge in [0.25, 0.3) is 11.8 Å². The van der Waals surface area contributed by atoms with Crippen LogP contribution < -0.4 is 16.4 Å². The number of nitrogen functional groups attached to an aromatic ring is 1. The molecule has 7 nitrogen and oxygen atoms in total. The molecule has 7 heteroatoms. The Morgan fingerprint density at radius 2 is 1.54 bits per heavy atom. The second-order valence-corrected chi connectivity index (χ2v) is 5.48. The summed E-state index contributed by atoms with van der Waals surface area (Å²) < 4.78 is 0. The molecule has 0 aliphatic carbocycles. The van der Waals surface area contributed by atoms with Crippen molar-refractivity contribution in [3.63, 3.8) is 0 Å². The molecule has 0 fully saturated rings. The highest BCUT2D eigenvalue weighted by atomic mass is 16.2. The maximum absolute atomic E-state index is 12.2. The lowest BCUT2D eigenvalue weighted by molar-refractivity contribution is 0.0948. The molecule has 4 N–H and O–H groups in total. The summed E-state index contributed by atoms with van der Waals surface area (Å²) in [6, 6.07) is 17.1. The van der Waals surface area contributed by atoms with E-state index < -0.39 is 0 Å². The van der Waals surface area contributed by atoms with Gasteiger partial charge in [-0.2, -0.15) is 0 Å². The minimum atomic E-state index is -0.286. The summed E-state index contributed by atoms with van der Waals surface area (Å²) in [5.41, 5.74) is 7.18. The molecule has 0 radical (unpaired) electrons. The van der Waals surface area contributed by atoms with E-state index in [1.54, 1.807) is 42.5 Å². The van der Waals surface area contributed by atoms with Crippen molar-refractivity contribution in [2.24, 2.45) is 0 Å². The molecule has 1 aromatic heterocycles. The molecule has 1 heterocycles. The Morgan fingerprint density at radius 3 is 2.19 bits per heavy atom. The van der Waals surface area contributed by atoms with Crippen LogP contribution in [0.25, 0.3) is 0 Å². The highest BCUT2D eigenvalue weighted by Crippen LogP contribution is 2.10. The van der Waals surface area contributed by atoms with Gasteiger partial charge in [-0.15, -0.1) is 0 Å². The van der Waals surface area contributed by atoms with Gasteiger partial charge in [-0.3, -0.25) is 9.59 Å². The lowest BCUT2D eigenvalue weighted by Gasteiger charge is -2.07. The maximum Gasteiger partial charge on any atom is 0.255 e. The lowest BCUT2D eigenvalue weighted by atomic mass is 10.1. The Balaban J connectivity index is 1.59. The average Bonchev–Trinajstić information content (AvgIpc) is 2.67. The first kappa shape index (κ1) is 17.1. The number of para-hydroxylation sites is 1. The quantitative estimate of drug-likeness (QED) is 0.656. The van der Waals surface area contributed by atoms with E-state index in [2.05, 4.69) is 20.6 Å². The highest BCUT2D eigenvalue weighted by Gasteiger charge is 2.10. The Kier molecular flexibility index (Phi) is 5.19. The van der Waals surface area contributed by atoms with Crippen molar-refractivity contribution in [1.29, 1.82) is 0 Å². The summed E-state index contributed by atoms with van der Waals surface area (Å²) in [4.78, 5) is 32.4. The van der Waals surface area contributed by atoms with Crippen LogP contribution >= 0.6 is 0 Å². The van der Waals surface area contributed by atoms with E-state index in [-0.39, 0.29) is 18.4 Å². The first-order valence-corrected chi connectivity index (χ1v) is 7.94. The molecular weight excluding hydrogens is 330 g/mol. The minimum Gasteiger partial charge on any atom is -0.384 e. The molecular formula is C19H17N5O2. The third-order valence-electron chi connectivity index (χ3n) is 3.58. The van der Waals surface area contributed by atoms with Crippen LogP contribution in [0.2, 0.25) is 0 Å². The molecule has 3 rings (SSSR count). The number of carbonyl (C=O) groups is 2. The molecule has 0 atom stereocenters. The number of aromatic nitrogens is 2. The predicted molar refractivity (Wildman–Crippen MR) is 98.5 cm³/mol. The number of rotatable bonds is 5. The van der Waals surface area contributed by atoms with Gasteiger partial charge in [0.15, 0.2) is 0 Å². The third kappa shape index (κ3) is 4.41. The van der Waals surface area contributed by atoms with Crippen LogP contribution in [0.3, 0.4) is 0 Å². The number of nitrogens with two attached hydrogens (primary N) is 1. The smallest absolute Gasteiger partial charge is 0.255 e. The van der Waals surface area contributed by atoms with E-state index in [1.807, 2.05) is 18.2 Å². The fourth-order valence-corrected chi connectivity index (χ4v) is 2.26. The molecule has 0 saturated carbocycles. The number of benzene rings is 2.